The number of rotatable bonds is 2. The molecule has 62 valence electrons. The maximum Gasteiger partial charge on any atom is 0.0501 e. The zero-order valence-electron chi connectivity index (χ0n) is 7.44. The van der Waals surface area contributed by atoms with Crippen LogP contribution in [0.15, 0.2) is 0 Å². The van der Waals surface area contributed by atoms with E-state index < -0.39 is 0 Å². The van der Waals surface area contributed by atoms with E-state index in [1.165, 1.54) is 0 Å². The van der Waals surface area contributed by atoms with Crippen LogP contribution >= 0.6 is 0 Å². The first kappa shape index (κ1) is 9.92. The van der Waals surface area contributed by atoms with Crippen molar-refractivity contribution in [3.63, 3.8) is 0 Å². The summed E-state index contributed by atoms with van der Waals surface area (Å²) in [4.78, 5) is 0. The monoisotopic (exact) mass is 145 g/mol. The van der Waals surface area contributed by atoms with Crippen molar-refractivity contribution in [2.45, 2.75) is 27.7 Å². The summed E-state index contributed by atoms with van der Waals surface area (Å²) in [6.45, 7) is 8.98. The van der Waals surface area contributed by atoms with Gasteiger partial charge in [-0.2, -0.15) is 0 Å². The number of aliphatic hydroxyl groups is 1. The minimum absolute atomic E-state index is 0.0799. The molecule has 0 bridgehead atoms. The molecule has 0 aliphatic carbocycles. The third kappa shape index (κ3) is 1.70. The van der Waals surface area contributed by atoms with Crippen LogP contribution in [0.3, 0.4) is 0 Å². The van der Waals surface area contributed by atoms with Gasteiger partial charge in [-0.1, -0.05) is 27.7 Å². The van der Waals surface area contributed by atoms with Crippen LogP contribution in [0.25, 0.3) is 0 Å². The average Bonchev–Trinajstić information content (AvgIpc) is 1.84. The van der Waals surface area contributed by atoms with Crippen LogP contribution in [0.4, 0.5) is 0 Å². The summed E-state index contributed by atoms with van der Waals surface area (Å²) in [5, 5.41) is 9.04. The quantitative estimate of drug-likeness (QED) is 0.608. The van der Waals surface area contributed by atoms with Crippen LogP contribution in [0.2, 0.25) is 0 Å². The summed E-state index contributed by atoms with van der Waals surface area (Å²) >= 11 is 0. The standard InChI is InChI=1S/C8H19NO/c1-7(2,3)8(4,5-9)6-10/h10H,5-6,9H2,1-4H3. The van der Waals surface area contributed by atoms with Crippen molar-refractivity contribution in [1.29, 1.82) is 0 Å². The van der Waals surface area contributed by atoms with E-state index in [9.17, 15) is 0 Å². The van der Waals surface area contributed by atoms with E-state index in [2.05, 4.69) is 20.8 Å². The number of nitrogens with two attached hydrogens (primary N) is 1. The normalized spacial score (nSPS) is 18.6. The molecule has 0 rings (SSSR count). The third-order valence-corrected chi connectivity index (χ3v) is 2.61. The van der Waals surface area contributed by atoms with Gasteiger partial charge in [0.25, 0.3) is 0 Å². The fraction of sp³-hybridized carbons (Fsp3) is 1.00. The zero-order valence-corrected chi connectivity index (χ0v) is 7.44. The number of aliphatic hydroxyl groups excluding tert-OH is 1. The molecule has 0 amide bonds. The molecule has 0 spiro atoms. The van der Waals surface area contributed by atoms with Crippen LogP contribution < -0.4 is 5.73 Å². The Morgan fingerprint density at radius 3 is 1.60 bits per heavy atom. The summed E-state index contributed by atoms with van der Waals surface area (Å²) in [6, 6.07) is 0. The van der Waals surface area contributed by atoms with Crippen LogP contribution in [-0.4, -0.2) is 18.3 Å². The molecule has 1 atom stereocenters. The molecular formula is C8H19NO. The lowest BCUT2D eigenvalue weighted by atomic mass is 9.68. The molecular weight excluding hydrogens is 126 g/mol. The van der Waals surface area contributed by atoms with Crippen molar-refractivity contribution in [3.05, 3.63) is 0 Å². The van der Waals surface area contributed by atoms with Crippen molar-refractivity contribution < 1.29 is 5.11 Å². The van der Waals surface area contributed by atoms with Crippen LogP contribution in [0, 0.1) is 10.8 Å². The molecule has 0 saturated heterocycles. The van der Waals surface area contributed by atoms with E-state index in [0.29, 0.717) is 6.54 Å². The molecule has 0 radical (unpaired) electrons. The van der Waals surface area contributed by atoms with E-state index in [1.807, 2.05) is 6.92 Å². The van der Waals surface area contributed by atoms with E-state index in [4.69, 9.17) is 10.8 Å². The fourth-order valence-electron chi connectivity index (χ4n) is 0.608. The molecule has 0 saturated carbocycles. The smallest absolute Gasteiger partial charge is 0.0501 e. The van der Waals surface area contributed by atoms with Gasteiger partial charge in [0, 0.05) is 12.0 Å². The Bertz CT molecular complexity index is 100. The molecule has 0 aromatic heterocycles. The summed E-state index contributed by atoms with van der Waals surface area (Å²) in [6.07, 6.45) is 0. The second-order valence-corrected chi connectivity index (χ2v) is 4.17. The Morgan fingerprint density at radius 2 is 1.60 bits per heavy atom. The predicted molar refractivity (Wildman–Crippen MR) is 43.7 cm³/mol. The summed E-state index contributed by atoms with van der Waals surface area (Å²) in [5.41, 5.74) is 5.48. The van der Waals surface area contributed by atoms with E-state index in [-0.39, 0.29) is 17.4 Å². The first-order valence-electron chi connectivity index (χ1n) is 3.68. The van der Waals surface area contributed by atoms with Crippen LogP contribution in [0.1, 0.15) is 27.7 Å². The maximum atomic E-state index is 9.04. The predicted octanol–water partition coefficient (Wildman–Crippen LogP) is 0.990. The summed E-state index contributed by atoms with van der Waals surface area (Å²) in [5.74, 6) is 0. The largest absolute Gasteiger partial charge is 0.396 e. The van der Waals surface area contributed by atoms with Gasteiger partial charge in [-0.25, -0.2) is 0 Å². The Hall–Kier alpha value is -0.0800. The van der Waals surface area contributed by atoms with Crippen LogP contribution in [-0.2, 0) is 0 Å². The molecule has 0 aromatic rings. The SMILES string of the molecule is CC(C)(C)C(C)(CN)CO. The molecule has 10 heavy (non-hydrogen) atoms. The lowest BCUT2D eigenvalue weighted by Crippen LogP contribution is -2.42. The first-order valence-corrected chi connectivity index (χ1v) is 3.68. The second kappa shape index (κ2) is 2.89. The molecule has 0 aliphatic heterocycles. The molecule has 2 heteroatoms. The lowest BCUT2D eigenvalue weighted by Gasteiger charge is -2.39. The zero-order chi connectivity index (χ0) is 8.41. The molecule has 0 aromatic carbocycles. The highest BCUT2D eigenvalue weighted by atomic mass is 16.3. The van der Waals surface area contributed by atoms with Crippen molar-refractivity contribution >= 4 is 0 Å². The van der Waals surface area contributed by atoms with Crippen molar-refractivity contribution in [2.24, 2.45) is 16.6 Å². The molecule has 3 N–H and O–H groups in total. The van der Waals surface area contributed by atoms with E-state index in [0.717, 1.165) is 0 Å². The van der Waals surface area contributed by atoms with Gasteiger partial charge in [0.1, 0.15) is 0 Å². The van der Waals surface area contributed by atoms with Gasteiger partial charge < -0.3 is 10.8 Å². The highest BCUT2D eigenvalue weighted by Gasteiger charge is 2.35. The molecule has 1 unspecified atom stereocenters. The lowest BCUT2D eigenvalue weighted by molar-refractivity contribution is 0.0408. The van der Waals surface area contributed by atoms with Gasteiger partial charge in [0.2, 0.25) is 0 Å². The van der Waals surface area contributed by atoms with Gasteiger partial charge in [-0.15, -0.1) is 0 Å². The highest BCUT2D eigenvalue weighted by Crippen LogP contribution is 2.36. The Labute approximate surface area is 63.4 Å². The van der Waals surface area contributed by atoms with Gasteiger partial charge in [-0.3, -0.25) is 0 Å². The third-order valence-electron chi connectivity index (χ3n) is 2.61. The van der Waals surface area contributed by atoms with Crippen LogP contribution in [0.5, 0.6) is 0 Å². The molecule has 2 nitrogen and oxygen atoms in total. The molecule has 0 heterocycles. The molecule has 0 fully saturated rings. The maximum absolute atomic E-state index is 9.04. The van der Waals surface area contributed by atoms with Gasteiger partial charge in [-0.05, 0) is 5.41 Å². The van der Waals surface area contributed by atoms with E-state index in [1.54, 1.807) is 0 Å². The highest BCUT2D eigenvalue weighted by molar-refractivity contribution is 4.86. The summed E-state index contributed by atoms with van der Waals surface area (Å²) < 4.78 is 0. The Balaban J connectivity index is 4.33. The van der Waals surface area contributed by atoms with Crippen molar-refractivity contribution in [3.8, 4) is 0 Å². The van der Waals surface area contributed by atoms with Gasteiger partial charge in [0.15, 0.2) is 0 Å². The Morgan fingerprint density at radius 1 is 1.20 bits per heavy atom. The summed E-state index contributed by atoms with van der Waals surface area (Å²) in [7, 11) is 0. The fourth-order valence-corrected chi connectivity index (χ4v) is 0.608. The van der Waals surface area contributed by atoms with Gasteiger partial charge >= 0.3 is 0 Å². The topological polar surface area (TPSA) is 46.2 Å². The average molecular weight is 145 g/mol. The first-order chi connectivity index (χ1) is 4.37. The van der Waals surface area contributed by atoms with Crippen molar-refractivity contribution in [1.82, 2.24) is 0 Å². The number of hydrogen-bond acceptors (Lipinski definition) is 2. The Kier molecular flexibility index (Phi) is 2.86. The van der Waals surface area contributed by atoms with E-state index >= 15 is 0 Å². The van der Waals surface area contributed by atoms with Crippen molar-refractivity contribution in [2.75, 3.05) is 13.2 Å². The number of hydrogen-bond donors (Lipinski definition) is 2. The van der Waals surface area contributed by atoms with Gasteiger partial charge in [0.05, 0.1) is 6.61 Å². The minimum Gasteiger partial charge on any atom is -0.396 e. The minimum atomic E-state index is -0.146. The second-order valence-electron chi connectivity index (χ2n) is 4.17. The molecule has 0 aliphatic rings.